The van der Waals surface area contributed by atoms with Crippen LogP contribution in [-0.2, 0) is 18.3 Å². The number of rotatable bonds is 0. The molecule has 0 aliphatic heterocycles. The first-order chi connectivity index (χ1) is 14.9. The average Bonchev–Trinajstić information content (AvgIpc) is 2.24. The normalized spacial score (nSPS) is 10.6. The van der Waals surface area contributed by atoms with Crippen molar-refractivity contribution in [3.8, 4) is 0 Å². The standard InChI is InChI=1S/4C2H8NP.4FH2O3P/c4*1-3(2)4;4*1-5(2,3)4/h4*4H2,1-2H3;4*(H2,2,3,4). The van der Waals surface area contributed by atoms with Crippen molar-refractivity contribution >= 4 is 69.2 Å². The van der Waals surface area contributed by atoms with Crippen molar-refractivity contribution in [2.75, 3.05) is 56.4 Å². The Morgan fingerprint density at radius 3 is 0.389 bits per heavy atom. The molecule has 0 aromatic heterocycles. The van der Waals surface area contributed by atoms with Gasteiger partial charge >= 0.3 is 31.6 Å². The van der Waals surface area contributed by atoms with Crippen molar-refractivity contribution in [3.63, 3.8) is 0 Å². The van der Waals surface area contributed by atoms with Crippen molar-refractivity contribution in [2.45, 2.75) is 0 Å². The second-order valence-electron chi connectivity index (χ2n) is 5.75. The van der Waals surface area contributed by atoms with Gasteiger partial charge in [-0.25, -0.2) is 18.3 Å². The predicted octanol–water partition coefficient (Wildman–Crippen LogP) is 1.55. The van der Waals surface area contributed by atoms with Crippen LogP contribution >= 0.6 is 69.2 Å². The Bertz CT molecular complexity index is 468. The quantitative estimate of drug-likeness (QED) is 0.131. The topological polar surface area (TPSA) is 243 Å². The summed E-state index contributed by atoms with van der Waals surface area (Å²) >= 11 is 0. The van der Waals surface area contributed by atoms with Gasteiger partial charge < -0.3 is 0 Å². The summed E-state index contributed by atoms with van der Waals surface area (Å²) in [5.74, 6) is 0. The monoisotopic (exact) mass is 708 g/mol. The zero-order valence-electron chi connectivity index (χ0n) is 20.6. The van der Waals surface area contributed by atoms with Crippen LogP contribution in [-0.4, -0.2) is 114 Å². The largest absolute Gasteiger partial charge is 0.507 e. The molecule has 36 heavy (non-hydrogen) atoms. The third-order valence-electron chi connectivity index (χ3n) is 0. The molecule has 4 unspecified atom stereocenters. The predicted molar refractivity (Wildman–Crippen MR) is 146 cm³/mol. The van der Waals surface area contributed by atoms with Gasteiger partial charge in [-0.15, -0.1) is 16.8 Å². The molecule has 0 heterocycles. The minimum absolute atomic E-state index is 1.92. The molecule has 0 fully saturated rings. The molecule has 0 bridgehead atoms. The van der Waals surface area contributed by atoms with Crippen molar-refractivity contribution in [2.24, 2.45) is 0 Å². The molecule has 0 aliphatic rings. The van der Waals surface area contributed by atoms with Crippen LogP contribution in [0, 0.1) is 0 Å². The number of hydrogen-bond acceptors (Lipinski definition) is 8. The maximum Gasteiger partial charge on any atom is 0.507 e. The Labute approximate surface area is 218 Å². The van der Waals surface area contributed by atoms with E-state index in [0.717, 1.165) is 0 Å². The molecule has 0 amide bonds. The van der Waals surface area contributed by atoms with Gasteiger partial charge in [-0.3, -0.25) is 57.8 Å². The molecule has 28 heteroatoms. The number of halogens is 4. The molecule has 0 aliphatic carbocycles. The van der Waals surface area contributed by atoms with Gasteiger partial charge in [0.05, 0.1) is 0 Å². The van der Waals surface area contributed by atoms with Crippen LogP contribution in [0.5, 0.6) is 0 Å². The first-order valence-corrected chi connectivity index (χ1v) is 15.7. The van der Waals surface area contributed by atoms with Crippen LogP contribution < -0.4 is 0 Å². The third kappa shape index (κ3) is 12400. The van der Waals surface area contributed by atoms with Crippen LogP contribution in [0.4, 0.5) is 16.8 Å². The van der Waals surface area contributed by atoms with Crippen LogP contribution in [0.3, 0.4) is 0 Å². The average molecular weight is 708 g/mol. The minimum atomic E-state index is -5.14. The second-order valence-corrected chi connectivity index (χ2v) is 13.7. The van der Waals surface area contributed by atoms with Gasteiger partial charge in [0.2, 0.25) is 0 Å². The lowest BCUT2D eigenvalue weighted by Gasteiger charge is -1.90. The maximum atomic E-state index is 10.4. The molecule has 0 aromatic rings. The fourth-order valence-corrected chi connectivity index (χ4v) is 0. The smallest absolute Gasteiger partial charge is 0.299 e. The first kappa shape index (κ1) is 57.7. The summed E-state index contributed by atoms with van der Waals surface area (Å²) in [5, 5.41) is 0. The SMILES string of the molecule is CN(C)P.CN(C)P.CN(C)P.CN(C)P.O=P(O)(O)F.O=P(O)(O)F.O=P(O)(O)F.O=P(O)(O)F. The molecule has 0 saturated heterocycles. The summed E-state index contributed by atoms with van der Waals surface area (Å²) in [5.41, 5.74) is 0. The highest BCUT2D eigenvalue weighted by Crippen LogP contribution is 2.36. The molecular formula is C8H40F4N4O12P8. The molecule has 0 rings (SSSR count). The van der Waals surface area contributed by atoms with Crippen molar-refractivity contribution in [1.29, 1.82) is 0 Å². The molecule has 8 N–H and O–H groups in total. The summed E-state index contributed by atoms with van der Waals surface area (Å²) in [6.45, 7) is 0. The number of nitrogens with zero attached hydrogens (tertiary/aromatic N) is 4. The molecule has 232 valence electrons. The van der Waals surface area contributed by atoms with E-state index in [4.69, 9.17) is 57.4 Å². The summed E-state index contributed by atoms with van der Waals surface area (Å²) in [4.78, 5) is 55.7. The zero-order valence-corrected chi connectivity index (χ0v) is 28.8. The highest BCUT2D eigenvalue weighted by Gasteiger charge is 2.06. The second kappa shape index (κ2) is 33.1. The van der Waals surface area contributed by atoms with Gasteiger partial charge in [-0.2, -0.15) is 0 Å². The summed E-state index contributed by atoms with van der Waals surface area (Å²) in [6, 6.07) is 0. The lowest BCUT2D eigenvalue weighted by Crippen LogP contribution is -1.88. The van der Waals surface area contributed by atoms with E-state index in [2.05, 4.69) is 37.6 Å². The minimum Gasteiger partial charge on any atom is -0.299 e. The summed E-state index contributed by atoms with van der Waals surface area (Å²) in [7, 11) is 5.11. The van der Waals surface area contributed by atoms with E-state index < -0.39 is 31.6 Å². The zero-order chi connectivity index (χ0) is 32.3. The van der Waals surface area contributed by atoms with E-state index in [0.29, 0.717) is 0 Å². The lowest BCUT2D eigenvalue weighted by atomic mass is 11.3. The van der Waals surface area contributed by atoms with E-state index in [1.165, 1.54) is 0 Å². The van der Waals surface area contributed by atoms with Crippen LogP contribution in [0.25, 0.3) is 0 Å². The molecule has 4 atom stereocenters. The lowest BCUT2D eigenvalue weighted by molar-refractivity contribution is 0.320. The Morgan fingerprint density at radius 2 is 0.389 bits per heavy atom. The van der Waals surface area contributed by atoms with Gasteiger partial charge in [0.1, 0.15) is 0 Å². The van der Waals surface area contributed by atoms with Crippen LogP contribution in [0.2, 0.25) is 0 Å². The molecule has 0 spiro atoms. The summed E-state index contributed by atoms with van der Waals surface area (Å²) in [6.07, 6.45) is 0. The molecular weight excluding hydrogens is 668 g/mol. The molecule has 0 aromatic carbocycles. The van der Waals surface area contributed by atoms with Crippen molar-refractivity contribution < 1.29 is 74.2 Å². The highest BCUT2D eigenvalue weighted by molar-refractivity contribution is 7.46. The van der Waals surface area contributed by atoms with E-state index >= 15 is 0 Å². The van der Waals surface area contributed by atoms with E-state index in [9.17, 15) is 16.8 Å². The summed E-state index contributed by atoms with van der Waals surface area (Å²) < 4.78 is 83.7. The van der Waals surface area contributed by atoms with E-state index in [-0.39, 0.29) is 0 Å². The maximum absolute atomic E-state index is 10.4. The Balaban J connectivity index is -0.0000000416. The van der Waals surface area contributed by atoms with Crippen LogP contribution in [0.15, 0.2) is 0 Å². The fourth-order valence-electron chi connectivity index (χ4n) is 0. The first-order valence-electron chi connectivity index (χ1n) is 7.62. The van der Waals surface area contributed by atoms with Gasteiger partial charge in [-0.05, 0) is 56.4 Å². The van der Waals surface area contributed by atoms with Crippen molar-refractivity contribution in [1.82, 2.24) is 18.7 Å². The third-order valence-corrected chi connectivity index (χ3v) is 0. The van der Waals surface area contributed by atoms with Gasteiger partial charge in [0.25, 0.3) is 0 Å². The van der Waals surface area contributed by atoms with E-state index in [1.54, 1.807) is 0 Å². The van der Waals surface area contributed by atoms with Crippen molar-refractivity contribution in [3.05, 3.63) is 0 Å². The highest BCUT2D eigenvalue weighted by atomic mass is 31.2. The van der Waals surface area contributed by atoms with Crippen LogP contribution in [0.1, 0.15) is 0 Å². The molecule has 0 radical (unpaired) electrons. The van der Waals surface area contributed by atoms with E-state index in [1.807, 2.05) is 75.1 Å². The van der Waals surface area contributed by atoms with Gasteiger partial charge in [0, 0.05) is 0 Å². The Kier molecular flexibility index (Phi) is 53.0. The number of hydrogen-bond donors (Lipinski definition) is 8. The fraction of sp³-hybridized carbons (Fsp3) is 1.00. The molecule has 16 nitrogen and oxygen atoms in total. The van der Waals surface area contributed by atoms with Gasteiger partial charge in [0.15, 0.2) is 0 Å². The Hall–Kier alpha value is 1.88. The Morgan fingerprint density at radius 1 is 0.389 bits per heavy atom. The molecule has 0 saturated carbocycles. The van der Waals surface area contributed by atoms with Gasteiger partial charge in [-0.1, -0.05) is 37.6 Å².